The number of nitrogens with zero attached hydrogens (tertiary/aromatic N) is 1. The highest BCUT2D eigenvalue weighted by Crippen LogP contribution is 2.13. The van der Waals surface area contributed by atoms with E-state index in [0.717, 1.165) is 17.7 Å². The summed E-state index contributed by atoms with van der Waals surface area (Å²) in [5.74, 6) is 0.939. The molecule has 4 nitrogen and oxygen atoms in total. The molecule has 94 valence electrons. The molecule has 0 aliphatic rings. The maximum atomic E-state index is 11.5. The molecule has 0 radical (unpaired) electrons. The first kappa shape index (κ1) is 13.5. The Kier molecular flexibility index (Phi) is 5.49. The van der Waals surface area contributed by atoms with Crippen LogP contribution in [-0.2, 0) is 11.2 Å². The van der Waals surface area contributed by atoms with E-state index in [0.29, 0.717) is 19.5 Å². The third kappa shape index (κ3) is 4.44. The van der Waals surface area contributed by atoms with Crippen molar-refractivity contribution in [3.8, 4) is 5.75 Å². The fourth-order valence-electron chi connectivity index (χ4n) is 1.56. The lowest BCUT2D eigenvalue weighted by atomic mass is 10.1. The molecule has 1 rings (SSSR count). The Bertz CT molecular complexity index is 366. The van der Waals surface area contributed by atoms with E-state index in [1.807, 2.05) is 24.3 Å². The Morgan fingerprint density at radius 3 is 2.88 bits per heavy atom. The molecule has 0 unspecified atom stereocenters. The van der Waals surface area contributed by atoms with Crippen molar-refractivity contribution in [1.82, 2.24) is 4.90 Å². The molecule has 0 saturated heterocycles. The molecule has 0 heterocycles. The Balaban J connectivity index is 2.46. The Morgan fingerprint density at radius 2 is 2.24 bits per heavy atom. The first-order chi connectivity index (χ1) is 8.17. The number of hydrogen-bond acceptors (Lipinski definition) is 3. The molecule has 0 fully saturated rings. The van der Waals surface area contributed by atoms with Crippen molar-refractivity contribution in [2.75, 3.05) is 27.2 Å². The molecule has 0 aliphatic carbocycles. The molecule has 17 heavy (non-hydrogen) atoms. The number of hydrogen-bond donors (Lipinski definition) is 1. The maximum Gasteiger partial charge on any atom is 0.223 e. The summed E-state index contributed by atoms with van der Waals surface area (Å²) in [5, 5.41) is 0. The molecule has 4 heteroatoms. The highest BCUT2D eigenvalue weighted by Gasteiger charge is 2.07. The van der Waals surface area contributed by atoms with Crippen LogP contribution in [0.1, 0.15) is 12.0 Å². The molecule has 0 aliphatic heterocycles. The van der Waals surface area contributed by atoms with Gasteiger partial charge in [-0.15, -0.1) is 0 Å². The van der Waals surface area contributed by atoms with E-state index in [2.05, 4.69) is 0 Å². The lowest BCUT2D eigenvalue weighted by Gasteiger charge is -2.16. The van der Waals surface area contributed by atoms with Gasteiger partial charge >= 0.3 is 0 Å². The zero-order chi connectivity index (χ0) is 12.7. The predicted octanol–water partition coefficient (Wildman–Crippen LogP) is 1.04. The van der Waals surface area contributed by atoms with E-state index in [4.69, 9.17) is 10.5 Å². The maximum absolute atomic E-state index is 11.5. The van der Waals surface area contributed by atoms with Gasteiger partial charge in [0, 0.05) is 26.6 Å². The van der Waals surface area contributed by atoms with E-state index >= 15 is 0 Å². The van der Waals surface area contributed by atoms with Gasteiger partial charge in [-0.05, 0) is 24.1 Å². The summed E-state index contributed by atoms with van der Waals surface area (Å²) >= 11 is 0. The van der Waals surface area contributed by atoms with E-state index < -0.39 is 0 Å². The zero-order valence-corrected chi connectivity index (χ0v) is 10.5. The Hall–Kier alpha value is -1.55. The topological polar surface area (TPSA) is 55.6 Å². The summed E-state index contributed by atoms with van der Waals surface area (Å²) in [5.41, 5.74) is 6.51. The second kappa shape index (κ2) is 6.91. The normalized spacial score (nSPS) is 10.1. The lowest BCUT2D eigenvalue weighted by Crippen LogP contribution is -2.30. The van der Waals surface area contributed by atoms with Crippen molar-refractivity contribution in [2.24, 2.45) is 5.73 Å². The van der Waals surface area contributed by atoms with E-state index in [-0.39, 0.29) is 5.91 Å². The molecule has 1 amide bonds. The molecular formula is C13H20N2O2. The minimum absolute atomic E-state index is 0.0930. The van der Waals surface area contributed by atoms with Gasteiger partial charge in [0.15, 0.2) is 0 Å². The fraction of sp³-hybridized carbons (Fsp3) is 0.462. The minimum Gasteiger partial charge on any atom is -0.497 e. The molecule has 2 N–H and O–H groups in total. The number of benzene rings is 1. The lowest BCUT2D eigenvalue weighted by molar-refractivity contribution is -0.129. The average Bonchev–Trinajstić information content (AvgIpc) is 2.36. The molecule has 0 bridgehead atoms. The van der Waals surface area contributed by atoms with Gasteiger partial charge in [0.2, 0.25) is 5.91 Å². The van der Waals surface area contributed by atoms with Crippen LogP contribution < -0.4 is 10.5 Å². The number of carbonyl (C=O) groups excluding carboxylic acids is 1. The van der Waals surface area contributed by atoms with Crippen LogP contribution in [-0.4, -0.2) is 38.1 Å². The number of amides is 1. The van der Waals surface area contributed by atoms with Crippen LogP contribution in [0, 0.1) is 0 Å². The third-order valence-corrected chi connectivity index (χ3v) is 2.65. The van der Waals surface area contributed by atoms with Crippen LogP contribution in [0.3, 0.4) is 0 Å². The van der Waals surface area contributed by atoms with Crippen LogP contribution in [0.15, 0.2) is 24.3 Å². The average molecular weight is 236 g/mol. The molecule has 0 spiro atoms. The van der Waals surface area contributed by atoms with Crippen molar-refractivity contribution in [3.63, 3.8) is 0 Å². The number of ether oxygens (including phenoxy) is 1. The monoisotopic (exact) mass is 236 g/mol. The van der Waals surface area contributed by atoms with Gasteiger partial charge < -0.3 is 15.4 Å². The highest BCUT2D eigenvalue weighted by atomic mass is 16.5. The second-order valence-corrected chi connectivity index (χ2v) is 3.96. The predicted molar refractivity (Wildman–Crippen MR) is 68.0 cm³/mol. The fourth-order valence-corrected chi connectivity index (χ4v) is 1.56. The zero-order valence-electron chi connectivity index (χ0n) is 10.5. The van der Waals surface area contributed by atoms with E-state index in [1.165, 1.54) is 0 Å². The van der Waals surface area contributed by atoms with Gasteiger partial charge in [-0.3, -0.25) is 4.79 Å². The number of carbonyl (C=O) groups is 1. The SMILES string of the molecule is COc1cccc(CCN(C)C(=O)CCN)c1. The van der Waals surface area contributed by atoms with Gasteiger partial charge in [0.1, 0.15) is 5.75 Å². The summed E-state index contributed by atoms with van der Waals surface area (Å²) in [7, 11) is 3.45. The Morgan fingerprint density at radius 1 is 1.47 bits per heavy atom. The van der Waals surface area contributed by atoms with Gasteiger partial charge in [0.05, 0.1) is 7.11 Å². The van der Waals surface area contributed by atoms with Crippen LogP contribution in [0.25, 0.3) is 0 Å². The molecule has 0 atom stereocenters. The summed E-state index contributed by atoms with van der Waals surface area (Å²) in [6.07, 6.45) is 1.23. The van der Waals surface area contributed by atoms with Crippen molar-refractivity contribution >= 4 is 5.91 Å². The van der Waals surface area contributed by atoms with Crippen molar-refractivity contribution in [2.45, 2.75) is 12.8 Å². The standard InChI is InChI=1S/C13H20N2O2/c1-15(13(16)6-8-14)9-7-11-4-3-5-12(10-11)17-2/h3-5,10H,6-9,14H2,1-2H3. The first-order valence-electron chi connectivity index (χ1n) is 5.74. The largest absolute Gasteiger partial charge is 0.497 e. The van der Waals surface area contributed by atoms with Crippen LogP contribution in [0.5, 0.6) is 5.75 Å². The van der Waals surface area contributed by atoms with Crippen molar-refractivity contribution < 1.29 is 9.53 Å². The second-order valence-electron chi connectivity index (χ2n) is 3.96. The van der Waals surface area contributed by atoms with Gasteiger partial charge in [0.25, 0.3) is 0 Å². The minimum atomic E-state index is 0.0930. The quantitative estimate of drug-likeness (QED) is 0.803. The van der Waals surface area contributed by atoms with Gasteiger partial charge in [-0.2, -0.15) is 0 Å². The van der Waals surface area contributed by atoms with Crippen LogP contribution in [0.2, 0.25) is 0 Å². The summed E-state index contributed by atoms with van der Waals surface area (Å²) in [6, 6.07) is 7.88. The third-order valence-electron chi connectivity index (χ3n) is 2.65. The van der Waals surface area contributed by atoms with E-state index in [1.54, 1.807) is 19.1 Å². The smallest absolute Gasteiger partial charge is 0.223 e. The van der Waals surface area contributed by atoms with Crippen molar-refractivity contribution in [3.05, 3.63) is 29.8 Å². The summed E-state index contributed by atoms with van der Waals surface area (Å²) < 4.78 is 5.15. The van der Waals surface area contributed by atoms with E-state index in [9.17, 15) is 4.79 Å². The molecule has 1 aromatic rings. The summed E-state index contributed by atoms with van der Waals surface area (Å²) in [6.45, 7) is 1.11. The van der Waals surface area contributed by atoms with Gasteiger partial charge in [-0.1, -0.05) is 12.1 Å². The highest BCUT2D eigenvalue weighted by molar-refractivity contribution is 5.76. The first-order valence-corrected chi connectivity index (χ1v) is 5.74. The number of rotatable bonds is 6. The number of nitrogens with two attached hydrogens (primary N) is 1. The van der Waals surface area contributed by atoms with Gasteiger partial charge in [-0.25, -0.2) is 0 Å². The Labute approximate surface area is 102 Å². The molecule has 1 aromatic carbocycles. The molecule has 0 aromatic heterocycles. The van der Waals surface area contributed by atoms with Crippen molar-refractivity contribution in [1.29, 1.82) is 0 Å². The number of methoxy groups -OCH3 is 1. The van der Waals surface area contributed by atoms with Crippen LogP contribution in [0.4, 0.5) is 0 Å². The molecule has 0 saturated carbocycles. The summed E-state index contributed by atoms with van der Waals surface area (Å²) in [4.78, 5) is 13.2. The molecular weight excluding hydrogens is 216 g/mol. The number of likely N-dealkylation sites (N-methyl/N-ethyl adjacent to an activating group) is 1. The van der Waals surface area contributed by atoms with Crippen LogP contribution >= 0.6 is 0 Å².